The lowest BCUT2D eigenvalue weighted by Crippen LogP contribution is -2.47. The molecule has 1 saturated carbocycles. The van der Waals surface area contributed by atoms with Crippen LogP contribution in [-0.2, 0) is 4.79 Å². The van der Waals surface area contributed by atoms with Crippen molar-refractivity contribution in [3.05, 3.63) is 0 Å². The largest absolute Gasteiger partial charge is 0.352 e. The zero-order valence-electron chi connectivity index (χ0n) is 11.5. The number of carbonyl (C=O) groups excluding carboxylic acids is 1. The van der Waals surface area contributed by atoms with Gasteiger partial charge in [0.1, 0.15) is 0 Å². The first-order valence-electron chi connectivity index (χ1n) is 7.06. The fourth-order valence-electron chi connectivity index (χ4n) is 2.70. The predicted molar refractivity (Wildman–Crippen MR) is 71.6 cm³/mol. The highest BCUT2D eigenvalue weighted by atomic mass is 16.2. The van der Waals surface area contributed by atoms with Gasteiger partial charge in [-0.05, 0) is 38.0 Å². The molecule has 1 fully saturated rings. The van der Waals surface area contributed by atoms with Crippen molar-refractivity contribution in [2.24, 2.45) is 17.6 Å². The van der Waals surface area contributed by atoms with Gasteiger partial charge < -0.3 is 11.1 Å². The molecule has 0 saturated heterocycles. The van der Waals surface area contributed by atoms with Crippen molar-refractivity contribution in [1.82, 2.24) is 5.32 Å². The van der Waals surface area contributed by atoms with E-state index in [2.05, 4.69) is 26.1 Å². The summed E-state index contributed by atoms with van der Waals surface area (Å²) < 4.78 is 0. The van der Waals surface area contributed by atoms with Gasteiger partial charge in [-0.15, -0.1) is 0 Å². The van der Waals surface area contributed by atoms with Crippen LogP contribution in [0.1, 0.15) is 59.3 Å². The Bertz CT molecular complexity index is 234. The summed E-state index contributed by atoms with van der Waals surface area (Å²) in [5, 5.41) is 3.09. The Morgan fingerprint density at radius 3 is 2.35 bits per heavy atom. The second-order valence-corrected chi connectivity index (χ2v) is 5.93. The molecule has 0 unspecified atom stereocenters. The van der Waals surface area contributed by atoms with Crippen molar-refractivity contribution in [1.29, 1.82) is 0 Å². The van der Waals surface area contributed by atoms with Crippen molar-refractivity contribution < 1.29 is 4.79 Å². The van der Waals surface area contributed by atoms with E-state index in [4.69, 9.17) is 5.73 Å². The van der Waals surface area contributed by atoms with Crippen molar-refractivity contribution in [2.75, 3.05) is 0 Å². The van der Waals surface area contributed by atoms with E-state index in [0.29, 0.717) is 11.8 Å². The third kappa shape index (κ3) is 5.07. The van der Waals surface area contributed by atoms with Gasteiger partial charge >= 0.3 is 0 Å². The maximum Gasteiger partial charge on any atom is 0.237 e. The Morgan fingerprint density at radius 1 is 1.24 bits per heavy atom. The van der Waals surface area contributed by atoms with Crippen LogP contribution in [0.5, 0.6) is 0 Å². The quantitative estimate of drug-likeness (QED) is 0.775. The van der Waals surface area contributed by atoms with E-state index in [-0.39, 0.29) is 18.0 Å². The zero-order chi connectivity index (χ0) is 12.8. The smallest absolute Gasteiger partial charge is 0.237 e. The molecule has 17 heavy (non-hydrogen) atoms. The molecule has 0 spiro atoms. The first-order chi connectivity index (χ1) is 8.00. The van der Waals surface area contributed by atoms with E-state index < -0.39 is 0 Å². The highest BCUT2D eigenvalue weighted by Crippen LogP contribution is 2.26. The monoisotopic (exact) mass is 240 g/mol. The fraction of sp³-hybridized carbons (Fsp3) is 0.929. The fourth-order valence-corrected chi connectivity index (χ4v) is 2.70. The maximum atomic E-state index is 11.9. The molecule has 3 nitrogen and oxygen atoms in total. The molecular weight excluding hydrogens is 212 g/mol. The number of rotatable bonds is 5. The van der Waals surface area contributed by atoms with Gasteiger partial charge in [0.15, 0.2) is 0 Å². The number of hydrogen-bond acceptors (Lipinski definition) is 2. The molecule has 0 heterocycles. The van der Waals surface area contributed by atoms with Gasteiger partial charge in [0.05, 0.1) is 6.04 Å². The van der Waals surface area contributed by atoms with E-state index in [0.717, 1.165) is 6.42 Å². The molecule has 0 aromatic rings. The normalized spacial score (nSPS) is 21.2. The van der Waals surface area contributed by atoms with Gasteiger partial charge in [0.25, 0.3) is 0 Å². The van der Waals surface area contributed by atoms with Crippen LogP contribution < -0.4 is 11.1 Å². The van der Waals surface area contributed by atoms with Crippen LogP contribution in [0, 0.1) is 11.8 Å². The van der Waals surface area contributed by atoms with Crippen LogP contribution in [0.25, 0.3) is 0 Å². The first-order valence-corrected chi connectivity index (χ1v) is 7.06. The molecule has 2 atom stereocenters. The Labute approximate surface area is 106 Å². The molecule has 1 amide bonds. The van der Waals surface area contributed by atoms with Gasteiger partial charge in [-0.3, -0.25) is 4.79 Å². The van der Waals surface area contributed by atoms with E-state index >= 15 is 0 Å². The van der Waals surface area contributed by atoms with E-state index in [1.807, 2.05) is 0 Å². The van der Waals surface area contributed by atoms with Gasteiger partial charge in [-0.1, -0.05) is 33.1 Å². The number of nitrogens with one attached hydrogen (secondary N) is 1. The highest BCUT2D eigenvalue weighted by molar-refractivity contribution is 5.81. The molecule has 1 aliphatic rings. The lowest BCUT2D eigenvalue weighted by Gasteiger charge is -2.29. The standard InChI is InChI=1S/C14H28N2O/c1-10(2)9-13(15)14(17)16-11(3)12-7-5-4-6-8-12/h10-13H,4-9,15H2,1-3H3,(H,16,17)/t11-,13-/m0/s1. The Balaban J connectivity index is 2.33. The van der Waals surface area contributed by atoms with Crippen LogP contribution in [0.4, 0.5) is 0 Å². The molecule has 0 radical (unpaired) electrons. The molecular formula is C14H28N2O. The molecule has 1 rings (SSSR count). The zero-order valence-corrected chi connectivity index (χ0v) is 11.5. The molecule has 3 heteroatoms. The summed E-state index contributed by atoms with van der Waals surface area (Å²) in [6.07, 6.45) is 7.24. The number of amides is 1. The van der Waals surface area contributed by atoms with Crippen molar-refractivity contribution in [2.45, 2.75) is 71.4 Å². The summed E-state index contributed by atoms with van der Waals surface area (Å²) in [5.74, 6) is 1.15. The Kier molecular flexibility index (Phi) is 5.96. The maximum absolute atomic E-state index is 11.9. The Hall–Kier alpha value is -0.570. The number of carbonyl (C=O) groups is 1. The molecule has 3 N–H and O–H groups in total. The second kappa shape index (κ2) is 7.00. The van der Waals surface area contributed by atoms with Crippen molar-refractivity contribution in [3.8, 4) is 0 Å². The minimum atomic E-state index is -0.346. The van der Waals surface area contributed by atoms with Crippen molar-refractivity contribution >= 4 is 5.91 Å². The second-order valence-electron chi connectivity index (χ2n) is 5.93. The third-order valence-corrected chi connectivity index (χ3v) is 3.79. The molecule has 0 aromatic heterocycles. The van der Waals surface area contributed by atoms with Crippen LogP contribution in [-0.4, -0.2) is 18.0 Å². The first kappa shape index (κ1) is 14.5. The Morgan fingerprint density at radius 2 is 1.82 bits per heavy atom. The average Bonchev–Trinajstić information content (AvgIpc) is 2.29. The van der Waals surface area contributed by atoms with E-state index in [9.17, 15) is 4.79 Å². The molecule has 0 aromatic carbocycles. The average molecular weight is 240 g/mol. The summed E-state index contributed by atoms with van der Waals surface area (Å²) in [7, 11) is 0. The van der Waals surface area contributed by atoms with Crippen LogP contribution in [0.3, 0.4) is 0 Å². The van der Waals surface area contributed by atoms with Crippen LogP contribution >= 0.6 is 0 Å². The minimum absolute atomic E-state index is 0.0248. The number of hydrogen-bond donors (Lipinski definition) is 2. The van der Waals surface area contributed by atoms with Crippen LogP contribution in [0.15, 0.2) is 0 Å². The summed E-state index contributed by atoms with van der Waals surface area (Å²) in [6.45, 7) is 6.31. The summed E-state index contributed by atoms with van der Waals surface area (Å²) in [6, 6.07) is -0.0675. The van der Waals surface area contributed by atoms with Gasteiger partial charge in [-0.2, -0.15) is 0 Å². The minimum Gasteiger partial charge on any atom is -0.352 e. The van der Waals surface area contributed by atoms with E-state index in [1.165, 1.54) is 32.1 Å². The molecule has 0 bridgehead atoms. The third-order valence-electron chi connectivity index (χ3n) is 3.79. The van der Waals surface area contributed by atoms with Crippen molar-refractivity contribution in [3.63, 3.8) is 0 Å². The summed E-state index contributed by atoms with van der Waals surface area (Å²) in [4.78, 5) is 11.9. The van der Waals surface area contributed by atoms with Gasteiger partial charge in [0, 0.05) is 6.04 Å². The molecule has 1 aliphatic carbocycles. The number of nitrogens with two attached hydrogens (primary N) is 1. The lowest BCUT2D eigenvalue weighted by atomic mass is 9.84. The van der Waals surface area contributed by atoms with Gasteiger partial charge in [-0.25, -0.2) is 0 Å². The van der Waals surface area contributed by atoms with Gasteiger partial charge in [0.2, 0.25) is 5.91 Å². The molecule has 100 valence electrons. The molecule has 0 aliphatic heterocycles. The topological polar surface area (TPSA) is 55.1 Å². The summed E-state index contributed by atoms with van der Waals surface area (Å²) >= 11 is 0. The van der Waals surface area contributed by atoms with Crippen LogP contribution in [0.2, 0.25) is 0 Å². The van der Waals surface area contributed by atoms with E-state index in [1.54, 1.807) is 0 Å². The predicted octanol–water partition coefficient (Wildman–Crippen LogP) is 2.44. The lowest BCUT2D eigenvalue weighted by molar-refractivity contribution is -0.123. The summed E-state index contributed by atoms with van der Waals surface area (Å²) in [5.41, 5.74) is 5.88. The SMILES string of the molecule is CC(C)C[C@H](N)C(=O)N[C@@H](C)C1CCCCC1. The highest BCUT2D eigenvalue weighted by Gasteiger charge is 2.23.